The van der Waals surface area contributed by atoms with E-state index in [1.165, 1.54) is 0 Å². The van der Waals surface area contributed by atoms with Gasteiger partial charge in [0.2, 0.25) is 0 Å². The molecule has 0 saturated heterocycles. The van der Waals surface area contributed by atoms with Gasteiger partial charge in [0.1, 0.15) is 0 Å². The number of anilines is 2. The molecule has 0 spiro atoms. The van der Waals surface area contributed by atoms with E-state index >= 15 is 0 Å². The molecule has 35 heavy (non-hydrogen) atoms. The Kier molecular flexibility index (Phi) is 5.80. The number of carbonyl (C=O) groups excluding carboxylic acids is 2. The third kappa shape index (κ3) is 4.51. The number of aryl methyl sites for hydroxylation is 2. The van der Waals surface area contributed by atoms with E-state index in [0.717, 1.165) is 22.0 Å². The van der Waals surface area contributed by atoms with Crippen LogP contribution in [0.3, 0.4) is 0 Å². The lowest BCUT2D eigenvalue weighted by molar-refractivity contribution is 0.101. The molecule has 5 rings (SSSR count). The van der Waals surface area contributed by atoms with Gasteiger partial charge in [0.15, 0.2) is 5.82 Å². The molecule has 0 aliphatic rings. The van der Waals surface area contributed by atoms with Gasteiger partial charge in [-0.2, -0.15) is 15.3 Å². The maximum Gasteiger partial charge on any atom is 0.257 e. The Balaban J connectivity index is 1.38. The molecule has 9 heteroatoms. The summed E-state index contributed by atoms with van der Waals surface area (Å²) in [6.45, 7) is 2.68. The monoisotopic (exact) mass is 465 g/mol. The summed E-state index contributed by atoms with van der Waals surface area (Å²) in [5.41, 5.74) is 4.26. The lowest BCUT2D eigenvalue weighted by Crippen LogP contribution is -2.15. The van der Waals surface area contributed by atoms with Crippen LogP contribution in [0.2, 0.25) is 0 Å². The van der Waals surface area contributed by atoms with Gasteiger partial charge in [-0.1, -0.05) is 12.1 Å². The first-order valence-corrected chi connectivity index (χ1v) is 11.1. The molecular formula is C26H23N7O2. The van der Waals surface area contributed by atoms with Crippen molar-refractivity contribution in [3.05, 3.63) is 90.5 Å². The summed E-state index contributed by atoms with van der Waals surface area (Å²) in [5, 5.41) is 18.6. The van der Waals surface area contributed by atoms with E-state index in [2.05, 4.69) is 25.9 Å². The maximum absolute atomic E-state index is 13.2. The van der Waals surface area contributed by atoms with Crippen LogP contribution in [-0.2, 0) is 13.6 Å². The lowest BCUT2D eigenvalue weighted by Gasteiger charge is -2.08. The highest BCUT2D eigenvalue weighted by Gasteiger charge is 2.16. The Morgan fingerprint density at radius 2 is 1.83 bits per heavy atom. The number of rotatable bonds is 6. The van der Waals surface area contributed by atoms with Gasteiger partial charge in [-0.25, -0.2) is 0 Å². The molecule has 0 aliphatic heterocycles. The number of nitrogens with zero attached hydrogens (tertiary/aromatic N) is 5. The second kappa shape index (κ2) is 9.22. The van der Waals surface area contributed by atoms with E-state index in [1.54, 1.807) is 59.8 Å². The fourth-order valence-electron chi connectivity index (χ4n) is 3.94. The molecule has 9 nitrogen and oxygen atoms in total. The third-order valence-corrected chi connectivity index (χ3v) is 5.74. The first-order chi connectivity index (χ1) is 17.0. The van der Waals surface area contributed by atoms with E-state index in [0.29, 0.717) is 29.2 Å². The Hall–Kier alpha value is -4.79. The zero-order valence-electron chi connectivity index (χ0n) is 19.3. The molecule has 0 aliphatic carbocycles. The molecule has 5 aromatic rings. The SMILES string of the molecule is CCn1ccc(NC(=O)c2cccc(NC(=O)c3cn(C)c4ccc(-c5ccnnc5)cc34)c2)n1. The number of benzene rings is 2. The average molecular weight is 466 g/mol. The predicted molar refractivity (Wildman–Crippen MR) is 134 cm³/mol. The molecule has 0 atom stereocenters. The minimum absolute atomic E-state index is 0.264. The standard InChI is InChI=1S/C26H23N7O2/c1-3-33-12-10-24(31-33)30-25(34)18-5-4-6-20(13-18)29-26(35)22-16-32(2)23-8-7-17(14-21(22)23)19-9-11-27-28-15-19/h4-16H,3H2,1-2H3,(H,29,35)(H,30,31,34). The summed E-state index contributed by atoms with van der Waals surface area (Å²) in [6, 6.07) is 16.4. The van der Waals surface area contributed by atoms with Gasteiger partial charge < -0.3 is 15.2 Å². The van der Waals surface area contributed by atoms with E-state index in [4.69, 9.17) is 0 Å². The molecule has 2 amide bonds. The van der Waals surface area contributed by atoms with Crippen LogP contribution >= 0.6 is 0 Å². The predicted octanol–water partition coefficient (Wildman–Crippen LogP) is 4.36. The molecule has 2 N–H and O–H groups in total. The molecule has 3 heterocycles. The van der Waals surface area contributed by atoms with Gasteiger partial charge >= 0.3 is 0 Å². The van der Waals surface area contributed by atoms with Crippen molar-refractivity contribution in [1.82, 2.24) is 24.5 Å². The van der Waals surface area contributed by atoms with E-state index < -0.39 is 0 Å². The Labute approximate surface area is 201 Å². The number of carbonyl (C=O) groups is 2. The molecule has 0 bridgehead atoms. The van der Waals surface area contributed by atoms with Gasteiger partial charge in [0.05, 0.1) is 18.0 Å². The van der Waals surface area contributed by atoms with Gasteiger partial charge in [-0.3, -0.25) is 14.3 Å². The zero-order valence-corrected chi connectivity index (χ0v) is 19.3. The maximum atomic E-state index is 13.2. The van der Waals surface area contributed by atoms with Gasteiger partial charge in [-0.15, -0.1) is 0 Å². The fraction of sp³-hybridized carbons (Fsp3) is 0.115. The quantitative estimate of drug-likeness (QED) is 0.388. The Morgan fingerprint density at radius 3 is 2.60 bits per heavy atom. The Morgan fingerprint density at radius 1 is 0.943 bits per heavy atom. The summed E-state index contributed by atoms with van der Waals surface area (Å²) in [4.78, 5) is 25.9. The van der Waals surface area contributed by atoms with Crippen LogP contribution in [-0.4, -0.2) is 36.4 Å². The van der Waals surface area contributed by atoms with Crippen LogP contribution < -0.4 is 10.6 Å². The third-order valence-electron chi connectivity index (χ3n) is 5.74. The van der Waals surface area contributed by atoms with Gasteiger partial charge in [0.25, 0.3) is 11.8 Å². The largest absolute Gasteiger partial charge is 0.350 e. The van der Waals surface area contributed by atoms with Crippen molar-refractivity contribution in [2.24, 2.45) is 7.05 Å². The van der Waals surface area contributed by atoms with Crippen LogP contribution in [0.1, 0.15) is 27.6 Å². The lowest BCUT2D eigenvalue weighted by atomic mass is 10.0. The smallest absolute Gasteiger partial charge is 0.257 e. The number of hydrogen-bond acceptors (Lipinski definition) is 5. The average Bonchev–Trinajstić information content (AvgIpc) is 3.48. The Bertz CT molecular complexity index is 1540. The van der Waals surface area contributed by atoms with Crippen molar-refractivity contribution < 1.29 is 9.59 Å². The minimum atomic E-state index is -0.303. The van der Waals surface area contributed by atoms with Gasteiger partial charge in [0, 0.05) is 59.8 Å². The van der Waals surface area contributed by atoms with Crippen molar-refractivity contribution >= 4 is 34.2 Å². The van der Waals surface area contributed by atoms with Gasteiger partial charge in [-0.05, 0) is 48.9 Å². The van der Waals surface area contributed by atoms with E-state index in [-0.39, 0.29) is 11.8 Å². The zero-order chi connectivity index (χ0) is 24.4. The van der Waals surface area contributed by atoms with Crippen molar-refractivity contribution in [2.45, 2.75) is 13.5 Å². The van der Waals surface area contributed by atoms with E-state index in [1.807, 2.05) is 42.8 Å². The first-order valence-electron chi connectivity index (χ1n) is 11.1. The second-order valence-corrected chi connectivity index (χ2v) is 8.06. The summed E-state index contributed by atoms with van der Waals surface area (Å²) < 4.78 is 3.64. The molecule has 174 valence electrons. The molecule has 0 unspecified atom stereocenters. The van der Waals surface area contributed by atoms with Crippen LogP contribution in [0.4, 0.5) is 11.5 Å². The number of amides is 2. The van der Waals surface area contributed by atoms with Crippen LogP contribution in [0.5, 0.6) is 0 Å². The number of aromatic nitrogens is 5. The summed E-state index contributed by atoms with van der Waals surface area (Å²) in [6.07, 6.45) is 6.92. The van der Waals surface area contributed by atoms with Crippen molar-refractivity contribution in [2.75, 3.05) is 10.6 Å². The molecule has 0 fully saturated rings. The molecule has 0 radical (unpaired) electrons. The molecule has 3 aromatic heterocycles. The van der Waals surface area contributed by atoms with Crippen LogP contribution in [0, 0.1) is 0 Å². The van der Waals surface area contributed by atoms with E-state index in [9.17, 15) is 9.59 Å². The summed E-state index contributed by atoms with van der Waals surface area (Å²) in [5.74, 6) is -0.0923. The van der Waals surface area contributed by atoms with Crippen LogP contribution in [0.25, 0.3) is 22.0 Å². The molecule has 0 saturated carbocycles. The van der Waals surface area contributed by atoms with Crippen molar-refractivity contribution in [3.63, 3.8) is 0 Å². The normalized spacial score (nSPS) is 10.9. The molecular weight excluding hydrogens is 442 g/mol. The summed E-state index contributed by atoms with van der Waals surface area (Å²) >= 11 is 0. The van der Waals surface area contributed by atoms with Crippen LogP contribution in [0.15, 0.2) is 79.4 Å². The highest BCUT2D eigenvalue weighted by Crippen LogP contribution is 2.28. The number of fused-ring (bicyclic) bond motifs is 1. The number of hydrogen-bond donors (Lipinski definition) is 2. The van der Waals surface area contributed by atoms with Crippen molar-refractivity contribution in [1.29, 1.82) is 0 Å². The highest BCUT2D eigenvalue weighted by atomic mass is 16.2. The molecule has 2 aromatic carbocycles. The van der Waals surface area contributed by atoms with Crippen molar-refractivity contribution in [3.8, 4) is 11.1 Å². The minimum Gasteiger partial charge on any atom is -0.350 e. The number of nitrogens with one attached hydrogen (secondary N) is 2. The first kappa shape index (κ1) is 22.0. The topological polar surface area (TPSA) is 107 Å². The fourth-order valence-corrected chi connectivity index (χ4v) is 3.94. The second-order valence-electron chi connectivity index (χ2n) is 8.06. The highest BCUT2D eigenvalue weighted by molar-refractivity contribution is 6.14. The summed E-state index contributed by atoms with van der Waals surface area (Å²) in [7, 11) is 1.90.